The number of carbonyl (C=O) groups excluding carboxylic acids is 1. The van der Waals surface area contributed by atoms with E-state index in [0.717, 1.165) is 0 Å². The highest BCUT2D eigenvalue weighted by Crippen LogP contribution is 2.00. The Morgan fingerprint density at radius 1 is 1.43 bits per heavy atom. The molecule has 1 aliphatic heterocycles. The third-order valence-corrected chi connectivity index (χ3v) is 1.95. The van der Waals surface area contributed by atoms with Crippen LogP contribution in [0, 0.1) is 10.1 Å². The standard InChI is InChI=1S/C9H6N2O3/c12-7-4-6-2-1-3-8(11(13)14)9(6)10-5-7/h1-4H,5H2. The summed E-state index contributed by atoms with van der Waals surface area (Å²) >= 11 is 0. The van der Waals surface area contributed by atoms with Crippen molar-refractivity contribution in [3.05, 3.63) is 38.9 Å². The number of Topliss-reactive ketones (excluding diaryl/α,β-unsaturated/α-hetero) is 1. The van der Waals surface area contributed by atoms with Gasteiger partial charge in [-0.2, -0.15) is 0 Å². The molecule has 0 radical (unpaired) electrons. The Hall–Kier alpha value is -2.04. The molecule has 0 saturated heterocycles. The number of nitro benzene ring substituents is 1. The first kappa shape index (κ1) is 8.55. The maximum atomic E-state index is 11.0. The van der Waals surface area contributed by atoms with E-state index in [9.17, 15) is 14.9 Å². The molecule has 0 fully saturated rings. The van der Waals surface area contributed by atoms with E-state index in [1.54, 1.807) is 12.1 Å². The van der Waals surface area contributed by atoms with Crippen LogP contribution in [-0.2, 0) is 4.79 Å². The maximum Gasteiger partial charge on any atom is 0.294 e. The molecule has 0 N–H and O–H groups in total. The lowest BCUT2D eigenvalue weighted by Gasteiger charge is -1.98. The number of benzene rings is 1. The van der Waals surface area contributed by atoms with E-state index in [1.807, 2.05) is 0 Å². The largest absolute Gasteiger partial charge is 0.294 e. The number of para-hydroxylation sites is 1. The molecule has 2 rings (SSSR count). The molecule has 0 aromatic heterocycles. The number of hydrogen-bond acceptors (Lipinski definition) is 4. The van der Waals surface area contributed by atoms with Crippen LogP contribution in [0.2, 0.25) is 0 Å². The molecule has 0 saturated carbocycles. The Kier molecular flexibility index (Phi) is 1.85. The molecule has 70 valence electrons. The highest BCUT2D eigenvalue weighted by Gasteiger charge is 2.12. The zero-order valence-electron chi connectivity index (χ0n) is 7.14. The summed E-state index contributed by atoms with van der Waals surface area (Å²) in [5.74, 6) is -0.127. The molecule has 0 bridgehead atoms. The number of nitrogens with zero attached hydrogens (tertiary/aromatic N) is 2. The molecule has 0 unspecified atom stereocenters. The average molecular weight is 190 g/mol. The van der Waals surface area contributed by atoms with E-state index in [1.165, 1.54) is 12.1 Å². The van der Waals surface area contributed by atoms with Gasteiger partial charge in [0.05, 0.1) is 4.92 Å². The quantitative estimate of drug-likeness (QED) is 0.446. The summed E-state index contributed by atoms with van der Waals surface area (Å²) in [6.45, 7) is -0.00213. The van der Waals surface area contributed by atoms with Crippen LogP contribution < -0.4 is 10.6 Å². The van der Waals surface area contributed by atoms with E-state index >= 15 is 0 Å². The lowest BCUT2D eigenvalue weighted by atomic mass is 10.2. The van der Waals surface area contributed by atoms with E-state index in [4.69, 9.17) is 0 Å². The van der Waals surface area contributed by atoms with Gasteiger partial charge in [0, 0.05) is 11.3 Å². The van der Waals surface area contributed by atoms with Crippen LogP contribution in [-0.4, -0.2) is 17.3 Å². The van der Waals surface area contributed by atoms with Crippen molar-refractivity contribution in [3.63, 3.8) is 0 Å². The fourth-order valence-corrected chi connectivity index (χ4v) is 1.36. The number of hydrogen-bond donors (Lipinski definition) is 0. The number of rotatable bonds is 1. The van der Waals surface area contributed by atoms with Crippen molar-refractivity contribution in [3.8, 4) is 0 Å². The summed E-state index contributed by atoms with van der Waals surface area (Å²) in [6.07, 6.45) is 1.38. The highest BCUT2D eigenvalue weighted by atomic mass is 16.6. The monoisotopic (exact) mass is 190 g/mol. The number of carbonyl (C=O) groups is 1. The van der Waals surface area contributed by atoms with Crippen LogP contribution in [0.4, 0.5) is 5.69 Å². The summed E-state index contributed by atoms with van der Waals surface area (Å²) in [7, 11) is 0. The first-order valence-electron chi connectivity index (χ1n) is 4.01. The van der Waals surface area contributed by atoms with E-state index in [-0.39, 0.29) is 18.0 Å². The highest BCUT2D eigenvalue weighted by molar-refractivity contribution is 6.07. The van der Waals surface area contributed by atoms with Crippen LogP contribution in [0.5, 0.6) is 0 Å². The third kappa shape index (κ3) is 1.28. The molecule has 5 nitrogen and oxygen atoms in total. The molecule has 1 aromatic rings. The zero-order valence-corrected chi connectivity index (χ0v) is 7.14. The van der Waals surface area contributed by atoms with Crippen LogP contribution in [0.15, 0.2) is 23.2 Å². The SMILES string of the molecule is O=C1C=c2cccc([N+](=O)[O-])c2=NC1. The van der Waals surface area contributed by atoms with Gasteiger partial charge in [-0.3, -0.25) is 19.9 Å². The molecule has 0 atom stereocenters. The normalized spacial score (nSPS) is 13.9. The maximum absolute atomic E-state index is 11.0. The second-order valence-electron chi connectivity index (χ2n) is 2.90. The lowest BCUT2D eigenvalue weighted by molar-refractivity contribution is -0.386. The molecule has 0 aliphatic carbocycles. The van der Waals surface area contributed by atoms with Gasteiger partial charge >= 0.3 is 0 Å². The first-order valence-corrected chi connectivity index (χ1v) is 4.01. The van der Waals surface area contributed by atoms with Gasteiger partial charge in [-0.25, -0.2) is 0 Å². The van der Waals surface area contributed by atoms with Crippen molar-refractivity contribution < 1.29 is 9.72 Å². The molecule has 5 heteroatoms. The fraction of sp³-hybridized carbons (Fsp3) is 0.111. The van der Waals surface area contributed by atoms with Crippen molar-refractivity contribution >= 4 is 17.5 Å². The van der Waals surface area contributed by atoms with Crippen molar-refractivity contribution in [1.82, 2.24) is 0 Å². The van der Waals surface area contributed by atoms with Gasteiger partial charge in [-0.05, 0) is 6.08 Å². The van der Waals surface area contributed by atoms with Crippen LogP contribution in [0.3, 0.4) is 0 Å². The summed E-state index contributed by atoms with van der Waals surface area (Å²) in [4.78, 5) is 25.0. The van der Waals surface area contributed by atoms with E-state index in [2.05, 4.69) is 4.99 Å². The second kappa shape index (κ2) is 3.02. The Bertz CT molecular complexity index is 533. The van der Waals surface area contributed by atoms with E-state index in [0.29, 0.717) is 10.6 Å². The molecule has 14 heavy (non-hydrogen) atoms. The predicted octanol–water partition coefficient (Wildman–Crippen LogP) is -0.422. The molecular weight excluding hydrogens is 184 g/mol. The van der Waals surface area contributed by atoms with Gasteiger partial charge in [-0.15, -0.1) is 0 Å². The minimum absolute atomic E-state index is 0.00213. The predicted molar refractivity (Wildman–Crippen MR) is 48.2 cm³/mol. The van der Waals surface area contributed by atoms with Gasteiger partial charge in [0.25, 0.3) is 5.69 Å². The Balaban J connectivity index is 2.82. The summed E-state index contributed by atoms with van der Waals surface area (Å²) in [6, 6.07) is 4.57. The average Bonchev–Trinajstić information content (AvgIpc) is 2.16. The molecule has 0 spiro atoms. The summed E-state index contributed by atoms with van der Waals surface area (Å²) in [5.41, 5.74) is -0.0498. The minimum Gasteiger partial charge on any atom is -0.293 e. The topological polar surface area (TPSA) is 72.6 Å². The number of fused-ring (bicyclic) bond motifs is 1. The van der Waals surface area contributed by atoms with Gasteiger partial charge in [-0.1, -0.05) is 12.1 Å². The molecule has 1 heterocycles. The lowest BCUT2D eigenvalue weighted by Crippen LogP contribution is -2.33. The first-order chi connectivity index (χ1) is 6.68. The second-order valence-corrected chi connectivity index (χ2v) is 2.90. The van der Waals surface area contributed by atoms with Gasteiger partial charge in [0.1, 0.15) is 11.9 Å². The van der Waals surface area contributed by atoms with Gasteiger partial charge < -0.3 is 0 Å². The Morgan fingerprint density at radius 2 is 2.21 bits per heavy atom. The van der Waals surface area contributed by atoms with Gasteiger partial charge in [0.2, 0.25) is 0 Å². The smallest absolute Gasteiger partial charge is 0.293 e. The minimum atomic E-state index is -0.494. The van der Waals surface area contributed by atoms with Crippen LogP contribution >= 0.6 is 0 Å². The molecular formula is C9H6N2O3. The van der Waals surface area contributed by atoms with Crippen molar-refractivity contribution in [2.75, 3.05) is 6.54 Å². The molecule has 1 aromatic carbocycles. The zero-order chi connectivity index (χ0) is 10.1. The summed E-state index contributed by atoms with van der Waals surface area (Å²) in [5, 5.41) is 11.4. The summed E-state index contributed by atoms with van der Waals surface area (Å²) < 4.78 is 0. The number of nitro groups is 1. The van der Waals surface area contributed by atoms with Crippen molar-refractivity contribution in [2.45, 2.75) is 0 Å². The Labute approximate surface area is 78.5 Å². The fourth-order valence-electron chi connectivity index (χ4n) is 1.36. The Morgan fingerprint density at radius 3 is 2.93 bits per heavy atom. The van der Waals surface area contributed by atoms with Crippen LogP contribution in [0.1, 0.15) is 0 Å². The molecule has 1 aliphatic rings. The van der Waals surface area contributed by atoms with Gasteiger partial charge in [0.15, 0.2) is 5.78 Å². The third-order valence-electron chi connectivity index (χ3n) is 1.95. The van der Waals surface area contributed by atoms with Crippen LogP contribution in [0.25, 0.3) is 6.08 Å². The van der Waals surface area contributed by atoms with Crippen molar-refractivity contribution in [1.29, 1.82) is 0 Å². The number of non-ortho nitro benzene ring substituents is 1. The van der Waals surface area contributed by atoms with E-state index < -0.39 is 4.92 Å². The van der Waals surface area contributed by atoms with Crippen molar-refractivity contribution in [2.24, 2.45) is 4.99 Å². The number of ketones is 1. The molecule has 0 amide bonds.